The molecule has 0 aliphatic carbocycles. The Morgan fingerprint density at radius 3 is 2.33 bits per heavy atom. The van der Waals surface area contributed by atoms with Gasteiger partial charge in [-0.3, -0.25) is 4.79 Å². The first kappa shape index (κ1) is 6.68. The van der Waals surface area contributed by atoms with E-state index in [9.17, 15) is 4.79 Å². The van der Waals surface area contributed by atoms with Crippen LogP contribution in [0.15, 0.2) is 0 Å². The number of nitrogens with one attached hydrogen (secondary N) is 1. The van der Waals surface area contributed by atoms with Crippen molar-refractivity contribution in [3.8, 4) is 0 Å². The van der Waals surface area contributed by atoms with Gasteiger partial charge in [0.25, 0.3) is 0 Å². The van der Waals surface area contributed by atoms with Crippen molar-refractivity contribution in [3.05, 3.63) is 0 Å². The van der Waals surface area contributed by atoms with Crippen molar-refractivity contribution in [1.29, 1.82) is 0 Å². The third-order valence-corrected chi connectivity index (χ3v) is 2.33. The lowest BCUT2D eigenvalue weighted by Gasteiger charge is -2.12. The molecule has 9 heavy (non-hydrogen) atoms. The van der Waals surface area contributed by atoms with E-state index in [1.165, 1.54) is 0 Å². The van der Waals surface area contributed by atoms with Gasteiger partial charge in [-0.05, 0) is 13.8 Å². The van der Waals surface area contributed by atoms with Crippen LogP contribution in [0.2, 0.25) is 0 Å². The second-order valence-electron chi connectivity index (χ2n) is 2.73. The van der Waals surface area contributed by atoms with Crippen LogP contribution in [-0.2, 0) is 4.79 Å². The molecular weight excluding hydrogens is 134 g/mol. The quantitative estimate of drug-likeness (QED) is 0.501. The Hall–Kier alpha value is -0.440. The van der Waals surface area contributed by atoms with Gasteiger partial charge >= 0.3 is 0 Å². The van der Waals surface area contributed by atoms with Crippen molar-refractivity contribution in [3.63, 3.8) is 0 Å². The molecule has 0 aromatic rings. The van der Waals surface area contributed by atoms with Crippen molar-refractivity contribution in [2.45, 2.75) is 13.8 Å². The van der Waals surface area contributed by atoms with Crippen LogP contribution in [0.25, 0.3) is 0 Å². The van der Waals surface area contributed by atoms with Crippen LogP contribution in [0, 0.1) is 5.41 Å². The lowest BCUT2D eigenvalue weighted by Crippen LogP contribution is -2.26. The van der Waals surface area contributed by atoms with Crippen molar-refractivity contribution in [2.24, 2.45) is 5.41 Å². The smallest absolute Gasteiger partial charge is 0.164 e. The fourth-order valence-corrected chi connectivity index (χ4v) is 0.915. The SMILES string of the molecule is CC1(C)C(=O)CNC1=S. The van der Waals surface area contributed by atoms with E-state index < -0.39 is 5.41 Å². The molecule has 1 N–H and O–H groups in total. The summed E-state index contributed by atoms with van der Waals surface area (Å²) >= 11 is 4.90. The van der Waals surface area contributed by atoms with Gasteiger partial charge < -0.3 is 5.32 Å². The monoisotopic (exact) mass is 143 g/mol. The second kappa shape index (κ2) is 1.77. The summed E-state index contributed by atoms with van der Waals surface area (Å²) in [5.74, 6) is 0.188. The molecule has 0 radical (unpaired) electrons. The lowest BCUT2D eigenvalue weighted by atomic mass is 9.92. The van der Waals surface area contributed by atoms with Crippen molar-refractivity contribution in [1.82, 2.24) is 5.32 Å². The molecule has 0 aromatic carbocycles. The summed E-state index contributed by atoms with van der Waals surface area (Å²) in [6.07, 6.45) is 0. The molecule has 1 saturated heterocycles. The maximum absolute atomic E-state index is 11.0. The molecule has 0 spiro atoms. The zero-order chi connectivity index (χ0) is 7.07. The molecule has 1 rings (SSSR count). The summed E-state index contributed by atoms with van der Waals surface area (Å²) in [6, 6.07) is 0. The summed E-state index contributed by atoms with van der Waals surface area (Å²) < 4.78 is 0. The molecule has 1 aliphatic rings. The first-order valence-electron chi connectivity index (χ1n) is 2.87. The Morgan fingerprint density at radius 1 is 1.67 bits per heavy atom. The number of Topliss-reactive ketones (excluding diaryl/α,β-unsaturated/α-hetero) is 1. The summed E-state index contributed by atoms with van der Waals surface area (Å²) in [7, 11) is 0. The minimum absolute atomic E-state index is 0.188. The van der Waals surface area contributed by atoms with Gasteiger partial charge in [-0.2, -0.15) is 0 Å². The first-order valence-corrected chi connectivity index (χ1v) is 3.27. The van der Waals surface area contributed by atoms with Crippen LogP contribution in [0.1, 0.15) is 13.8 Å². The molecule has 0 unspecified atom stereocenters. The van der Waals surface area contributed by atoms with E-state index in [0.717, 1.165) is 0 Å². The maximum atomic E-state index is 11.0. The summed E-state index contributed by atoms with van der Waals surface area (Å²) in [5.41, 5.74) is -0.407. The molecule has 1 heterocycles. The molecule has 1 fully saturated rings. The Balaban J connectivity index is 2.91. The molecule has 50 valence electrons. The average molecular weight is 143 g/mol. The van der Waals surface area contributed by atoms with Gasteiger partial charge in [0.15, 0.2) is 5.78 Å². The summed E-state index contributed by atoms with van der Waals surface area (Å²) in [5, 5.41) is 2.84. The first-order chi connectivity index (χ1) is 4.05. The van der Waals surface area contributed by atoms with E-state index in [1.54, 1.807) is 0 Å². The van der Waals surface area contributed by atoms with Gasteiger partial charge in [-0.15, -0.1) is 0 Å². The average Bonchev–Trinajstić information content (AvgIpc) is 1.96. The number of carbonyl (C=O) groups is 1. The number of carbonyl (C=O) groups excluding carboxylic acids is 1. The van der Waals surface area contributed by atoms with Gasteiger partial charge in [0.1, 0.15) is 0 Å². The van der Waals surface area contributed by atoms with E-state index in [1.807, 2.05) is 13.8 Å². The molecular formula is C6H9NOS. The number of ketones is 1. The van der Waals surface area contributed by atoms with Crippen molar-refractivity contribution < 1.29 is 4.79 Å². The van der Waals surface area contributed by atoms with Crippen LogP contribution in [0.3, 0.4) is 0 Å². The fourth-order valence-electron chi connectivity index (χ4n) is 0.729. The van der Waals surface area contributed by atoms with E-state index in [0.29, 0.717) is 11.5 Å². The zero-order valence-corrected chi connectivity index (χ0v) is 6.34. The predicted molar refractivity (Wildman–Crippen MR) is 39.4 cm³/mol. The zero-order valence-electron chi connectivity index (χ0n) is 5.52. The minimum Gasteiger partial charge on any atom is -0.372 e. The van der Waals surface area contributed by atoms with Gasteiger partial charge in [0.2, 0.25) is 0 Å². The van der Waals surface area contributed by atoms with Gasteiger partial charge in [0.05, 0.1) is 16.9 Å². The van der Waals surface area contributed by atoms with Crippen molar-refractivity contribution in [2.75, 3.05) is 6.54 Å². The number of hydrogen-bond donors (Lipinski definition) is 1. The fraction of sp³-hybridized carbons (Fsp3) is 0.667. The third kappa shape index (κ3) is 0.852. The molecule has 0 aromatic heterocycles. The summed E-state index contributed by atoms with van der Waals surface area (Å²) in [4.78, 5) is 11.6. The Morgan fingerprint density at radius 2 is 2.22 bits per heavy atom. The van der Waals surface area contributed by atoms with Gasteiger partial charge in [0, 0.05) is 0 Å². The number of hydrogen-bond acceptors (Lipinski definition) is 2. The van der Waals surface area contributed by atoms with Gasteiger partial charge in [-0.25, -0.2) is 0 Å². The molecule has 1 aliphatic heterocycles. The Labute approximate surface area is 59.6 Å². The van der Waals surface area contributed by atoms with E-state index >= 15 is 0 Å². The minimum atomic E-state index is -0.407. The lowest BCUT2D eigenvalue weighted by molar-refractivity contribution is -0.121. The highest BCUT2D eigenvalue weighted by Crippen LogP contribution is 2.21. The number of thiocarbonyl (C=S) groups is 1. The van der Waals surface area contributed by atoms with Crippen LogP contribution in [0.4, 0.5) is 0 Å². The molecule has 0 amide bonds. The second-order valence-corrected chi connectivity index (χ2v) is 3.14. The molecule has 0 saturated carbocycles. The molecule has 2 nitrogen and oxygen atoms in total. The van der Waals surface area contributed by atoms with Crippen LogP contribution < -0.4 is 5.32 Å². The largest absolute Gasteiger partial charge is 0.372 e. The van der Waals surface area contributed by atoms with E-state index in [4.69, 9.17) is 12.2 Å². The van der Waals surface area contributed by atoms with Gasteiger partial charge in [-0.1, -0.05) is 12.2 Å². The summed E-state index contributed by atoms with van der Waals surface area (Å²) in [6.45, 7) is 4.10. The maximum Gasteiger partial charge on any atom is 0.164 e. The topological polar surface area (TPSA) is 29.1 Å². The van der Waals surface area contributed by atoms with E-state index in [-0.39, 0.29) is 5.78 Å². The highest BCUT2D eigenvalue weighted by atomic mass is 32.1. The highest BCUT2D eigenvalue weighted by molar-refractivity contribution is 7.80. The number of rotatable bonds is 0. The predicted octanol–water partition coefficient (Wildman–Crippen LogP) is 0.512. The normalized spacial score (nSPS) is 24.2. The van der Waals surface area contributed by atoms with E-state index in [2.05, 4.69) is 5.32 Å². The third-order valence-electron chi connectivity index (χ3n) is 1.67. The highest BCUT2D eigenvalue weighted by Gasteiger charge is 2.37. The van der Waals surface area contributed by atoms with Crippen molar-refractivity contribution >= 4 is 23.0 Å². The Kier molecular flexibility index (Phi) is 1.31. The molecule has 3 heteroatoms. The Bertz CT molecular complexity index is 156. The van der Waals surface area contributed by atoms with Crippen LogP contribution >= 0.6 is 12.2 Å². The molecule has 0 bridgehead atoms. The van der Waals surface area contributed by atoms with Crippen LogP contribution in [0.5, 0.6) is 0 Å². The molecule has 0 atom stereocenters. The standard InChI is InChI=1S/C6H9NOS/c1-6(2)4(8)3-7-5(6)9/h3H2,1-2H3,(H,7,9). The van der Waals surface area contributed by atoms with Crippen LogP contribution in [-0.4, -0.2) is 17.3 Å².